The predicted molar refractivity (Wildman–Crippen MR) is 110 cm³/mol. The van der Waals surface area contributed by atoms with Gasteiger partial charge in [-0.2, -0.15) is 0 Å². The Labute approximate surface area is 163 Å². The minimum Gasteiger partial charge on any atom is -0.490 e. The van der Waals surface area contributed by atoms with E-state index in [2.05, 4.69) is 39.8 Å². The predicted octanol–water partition coefficient (Wildman–Crippen LogP) is 6.40. The molecule has 0 saturated carbocycles. The van der Waals surface area contributed by atoms with Crippen LogP contribution in [0.3, 0.4) is 0 Å². The molecule has 2 nitrogen and oxygen atoms in total. The maximum atomic E-state index is 6.44. The molecule has 142 valence electrons. The van der Waals surface area contributed by atoms with Gasteiger partial charge in [-0.15, -0.1) is 11.6 Å². The van der Waals surface area contributed by atoms with Gasteiger partial charge in [-0.3, -0.25) is 0 Å². The van der Waals surface area contributed by atoms with E-state index in [9.17, 15) is 0 Å². The van der Waals surface area contributed by atoms with Crippen LogP contribution < -0.4 is 4.74 Å². The summed E-state index contributed by atoms with van der Waals surface area (Å²) in [5.41, 5.74) is 4.30. The molecule has 0 N–H and O–H groups in total. The summed E-state index contributed by atoms with van der Waals surface area (Å²) < 4.78 is 12.6. The van der Waals surface area contributed by atoms with Crippen LogP contribution in [0.25, 0.3) is 0 Å². The summed E-state index contributed by atoms with van der Waals surface area (Å²) in [5, 5.41) is 0. The number of ether oxygens (including phenoxy) is 2. The van der Waals surface area contributed by atoms with Crippen molar-refractivity contribution in [1.29, 1.82) is 0 Å². The summed E-state index contributed by atoms with van der Waals surface area (Å²) in [6, 6.07) is 14.2. The van der Waals surface area contributed by atoms with E-state index < -0.39 is 5.60 Å². The van der Waals surface area contributed by atoms with Gasteiger partial charge in [-0.05, 0) is 67.5 Å². The normalized spacial score (nSPS) is 13.7. The largest absolute Gasteiger partial charge is 0.490 e. The van der Waals surface area contributed by atoms with Crippen LogP contribution in [0.15, 0.2) is 42.5 Å². The van der Waals surface area contributed by atoms with E-state index >= 15 is 0 Å². The van der Waals surface area contributed by atoms with Crippen LogP contribution in [-0.2, 0) is 16.2 Å². The van der Waals surface area contributed by atoms with Gasteiger partial charge in [0, 0.05) is 12.5 Å². The van der Waals surface area contributed by atoms with E-state index in [0.717, 1.165) is 17.7 Å². The molecule has 0 spiro atoms. The highest BCUT2D eigenvalue weighted by atomic mass is 35.5. The number of benzene rings is 2. The number of para-hydroxylation sites is 1. The standard InChI is InChI=1S/C23H31ClO2/c1-6-26-23(14-17(2)3,16-25-21-10-8-7-9-11-21)22-19(5)18(4)12-13-20(22)15-24/h7-13,17H,6,14-16H2,1-5H3. The third kappa shape index (κ3) is 4.81. The van der Waals surface area contributed by atoms with Gasteiger partial charge < -0.3 is 9.47 Å². The van der Waals surface area contributed by atoms with Crippen molar-refractivity contribution in [2.75, 3.05) is 13.2 Å². The zero-order valence-electron chi connectivity index (χ0n) is 16.6. The van der Waals surface area contributed by atoms with Gasteiger partial charge in [-0.25, -0.2) is 0 Å². The molecule has 0 radical (unpaired) electrons. The highest BCUT2D eigenvalue weighted by Gasteiger charge is 2.38. The summed E-state index contributed by atoms with van der Waals surface area (Å²) in [5.74, 6) is 1.79. The Balaban J connectivity index is 2.53. The van der Waals surface area contributed by atoms with Crippen molar-refractivity contribution in [2.24, 2.45) is 5.92 Å². The van der Waals surface area contributed by atoms with Crippen molar-refractivity contribution >= 4 is 11.6 Å². The maximum Gasteiger partial charge on any atom is 0.128 e. The average molecular weight is 375 g/mol. The van der Waals surface area contributed by atoms with Crippen LogP contribution in [0.1, 0.15) is 49.4 Å². The van der Waals surface area contributed by atoms with E-state index in [1.165, 1.54) is 16.7 Å². The second-order valence-electron chi connectivity index (χ2n) is 7.30. The quantitative estimate of drug-likeness (QED) is 0.473. The zero-order valence-corrected chi connectivity index (χ0v) is 17.4. The number of halogens is 1. The van der Waals surface area contributed by atoms with Crippen molar-refractivity contribution < 1.29 is 9.47 Å². The van der Waals surface area contributed by atoms with E-state index in [-0.39, 0.29) is 0 Å². The van der Waals surface area contributed by atoms with Crippen molar-refractivity contribution in [3.63, 3.8) is 0 Å². The Morgan fingerprint density at radius 3 is 2.31 bits per heavy atom. The third-order valence-electron chi connectivity index (χ3n) is 4.80. The molecule has 0 aliphatic heterocycles. The fraction of sp³-hybridized carbons (Fsp3) is 0.478. The van der Waals surface area contributed by atoms with Crippen molar-refractivity contribution in [3.8, 4) is 5.75 Å². The highest BCUT2D eigenvalue weighted by Crippen LogP contribution is 2.39. The third-order valence-corrected chi connectivity index (χ3v) is 5.08. The van der Waals surface area contributed by atoms with Gasteiger partial charge in [0.25, 0.3) is 0 Å². The lowest BCUT2D eigenvalue weighted by Gasteiger charge is -2.38. The number of aryl methyl sites for hydroxylation is 1. The van der Waals surface area contributed by atoms with Crippen LogP contribution >= 0.6 is 11.6 Å². The van der Waals surface area contributed by atoms with Gasteiger partial charge >= 0.3 is 0 Å². The lowest BCUT2D eigenvalue weighted by Crippen LogP contribution is -2.40. The van der Waals surface area contributed by atoms with Crippen molar-refractivity contribution in [2.45, 2.75) is 52.5 Å². The Bertz CT molecular complexity index is 697. The number of alkyl halides is 1. The van der Waals surface area contributed by atoms with Gasteiger partial charge in [0.1, 0.15) is 18.0 Å². The molecule has 0 bridgehead atoms. The molecule has 0 aliphatic carbocycles. The van der Waals surface area contributed by atoms with Gasteiger partial charge in [0.05, 0.1) is 0 Å². The summed E-state index contributed by atoms with van der Waals surface area (Å²) >= 11 is 6.32. The minimum atomic E-state index is -0.515. The maximum absolute atomic E-state index is 6.44. The number of rotatable bonds is 9. The van der Waals surface area contributed by atoms with E-state index in [4.69, 9.17) is 21.1 Å². The molecule has 0 heterocycles. The first-order chi connectivity index (χ1) is 12.4. The van der Waals surface area contributed by atoms with E-state index in [0.29, 0.717) is 25.0 Å². The lowest BCUT2D eigenvalue weighted by atomic mass is 9.80. The second kappa shape index (κ2) is 9.43. The van der Waals surface area contributed by atoms with Crippen LogP contribution in [0.5, 0.6) is 5.75 Å². The molecule has 1 atom stereocenters. The molecule has 0 aromatic heterocycles. The van der Waals surface area contributed by atoms with Crippen molar-refractivity contribution in [3.05, 3.63) is 64.7 Å². The Morgan fingerprint density at radius 2 is 1.73 bits per heavy atom. The van der Waals surface area contributed by atoms with Crippen molar-refractivity contribution in [1.82, 2.24) is 0 Å². The first-order valence-electron chi connectivity index (χ1n) is 9.40. The SMILES string of the molecule is CCOC(COc1ccccc1)(CC(C)C)c1c(CCl)ccc(C)c1C. The second-order valence-corrected chi connectivity index (χ2v) is 7.57. The molecule has 2 rings (SSSR count). The monoisotopic (exact) mass is 374 g/mol. The van der Waals surface area contributed by atoms with Gasteiger partial charge in [0.15, 0.2) is 0 Å². The molecule has 26 heavy (non-hydrogen) atoms. The van der Waals surface area contributed by atoms with Crippen LogP contribution in [0.4, 0.5) is 0 Å². The van der Waals surface area contributed by atoms with Gasteiger partial charge in [0.2, 0.25) is 0 Å². The molecular weight excluding hydrogens is 344 g/mol. The summed E-state index contributed by atoms with van der Waals surface area (Å²) in [4.78, 5) is 0. The molecule has 3 heteroatoms. The van der Waals surface area contributed by atoms with Crippen LogP contribution in [-0.4, -0.2) is 13.2 Å². The average Bonchev–Trinajstić information content (AvgIpc) is 2.62. The number of hydrogen-bond donors (Lipinski definition) is 0. The molecule has 2 aromatic rings. The Hall–Kier alpha value is -1.51. The van der Waals surface area contributed by atoms with E-state index in [1.807, 2.05) is 37.3 Å². The molecule has 0 aliphatic rings. The first-order valence-corrected chi connectivity index (χ1v) is 9.94. The van der Waals surface area contributed by atoms with Crippen LogP contribution in [0.2, 0.25) is 0 Å². The first kappa shape index (κ1) is 20.8. The highest BCUT2D eigenvalue weighted by molar-refractivity contribution is 6.17. The molecule has 0 amide bonds. The fourth-order valence-electron chi connectivity index (χ4n) is 3.68. The molecule has 0 saturated heterocycles. The topological polar surface area (TPSA) is 18.5 Å². The van der Waals surface area contributed by atoms with Gasteiger partial charge in [-0.1, -0.05) is 44.2 Å². The minimum absolute atomic E-state index is 0.462. The fourth-order valence-corrected chi connectivity index (χ4v) is 3.90. The smallest absolute Gasteiger partial charge is 0.128 e. The summed E-state index contributed by atoms with van der Waals surface area (Å²) in [7, 11) is 0. The van der Waals surface area contributed by atoms with Crippen LogP contribution in [0, 0.1) is 19.8 Å². The summed E-state index contributed by atoms with van der Waals surface area (Å²) in [6.45, 7) is 11.9. The molecule has 1 unspecified atom stereocenters. The number of hydrogen-bond acceptors (Lipinski definition) is 2. The summed E-state index contributed by atoms with van der Waals surface area (Å²) in [6.07, 6.45) is 0.877. The molecule has 2 aromatic carbocycles. The Morgan fingerprint density at radius 1 is 1.04 bits per heavy atom. The lowest BCUT2D eigenvalue weighted by molar-refractivity contribution is -0.0874. The molecular formula is C23H31ClO2. The zero-order chi connectivity index (χ0) is 19.2. The molecule has 0 fully saturated rings. The Kier molecular flexibility index (Phi) is 7.55. The van der Waals surface area contributed by atoms with E-state index in [1.54, 1.807) is 0 Å².